The quantitative estimate of drug-likeness (QED) is 0.533. The van der Waals surface area contributed by atoms with Gasteiger partial charge in [-0.2, -0.15) is 0 Å². The second-order valence-electron chi connectivity index (χ2n) is 7.09. The minimum absolute atomic E-state index is 0.627. The molecule has 0 N–H and O–H groups in total. The number of nitrogens with zero attached hydrogens (tertiary/aromatic N) is 3. The molecule has 3 aromatic rings. The van der Waals surface area contributed by atoms with Gasteiger partial charge in [0.1, 0.15) is 0 Å². The zero-order valence-electron chi connectivity index (χ0n) is 16.3. The summed E-state index contributed by atoms with van der Waals surface area (Å²) in [5.74, 6) is 1.62. The maximum absolute atomic E-state index is 5.86. The monoisotopic (exact) mass is 411 g/mol. The van der Waals surface area contributed by atoms with Gasteiger partial charge in [0.25, 0.3) is 0 Å². The average Bonchev–Trinajstić information content (AvgIpc) is 2.59. The number of rotatable bonds is 8. The van der Waals surface area contributed by atoms with Crippen molar-refractivity contribution >= 4 is 26.3 Å². The molecule has 0 aliphatic rings. The average molecular weight is 411 g/mol. The first-order chi connectivity index (χ1) is 12.9. The van der Waals surface area contributed by atoms with Gasteiger partial charge in [-0.15, -0.1) is 0 Å². The Bertz CT molecular complexity index is 928. The first kappa shape index (κ1) is 19.9. The molecule has 0 bridgehead atoms. The van der Waals surface area contributed by atoms with Crippen LogP contribution in [0, 0.1) is 0 Å². The van der Waals surface area contributed by atoms with Crippen molar-refractivity contribution in [3.8, 4) is 11.5 Å². The van der Waals surface area contributed by atoms with Gasteiger partial charge in [-0.25, -0.2) is 0 Å². The predicted octanol–water partition coefficient (Wildman–Crippen LogP) is 2.44. The number of hydrogen-bond acceptors (Lipinski definition) is 5. The van der Waals surface area contributed by atoms with E-state index in [9.17, 15) is 0 Å². The Morgan fingerprint density at radius 2 is 1.44 bits per heavy atom. The zero-order valence-corrected chi connectivity index (χ0v) is 17.3. The van der Waals surface area contributed by atoms with E-state index in [1.807, 2.05) is 58.5 Å². The molecule has 0 atom stereocenters. The van der Waals surface area contributed by atoms with Crippen molar-refractivity contribution in [2.45, 2.75) is 0 Å². The summed E-state index contributed by atoms with van der Waals surface area (Å²) in [5.41, 5.74) is 1.78. The molecule has 6 heteroatoms. The predicted molar refractivity (Wildman–Crippen MR) is 107 cm³/mol. The number of aromatic nitrogens is 1. The molecule has 1 aromatic heterocycles. The van der Waals surface area contributed by atoms with Gasteiger partial charge in [-0.1, -0.05) is 0 Å². The van der Waals surface area contributed by atoms with Gasteiger partial charge in [0.2, 0.25) is 0 Å². The standard InChI is InChI=1S/C21H26N3O2.Co/c1-23(2)9-11-25-18-7-5-16-13-17-6-8-19(26-12-10-24(3)4)15-21(17)22-20(16)14-18;/h5,7-8,13-15H,9-12H2,1-4H3;. The van der Waals surface area contributed by atoms with Gasteiger partial charge in [0.15, 0.2) is 0 Å². The van der Waals surface area contributed by atoms with Crippen LogP contribution in [-0.2, 0) is 15.7 Å². The van der Waals surface area contributed by atoms with E-state index in [1.54, 1.807) is 0 Å². The Kier molecular flexibility index (Phi) is 6.54. The van der Waals surface area contributed by atoms with Crippen LogP contribution in [0.4, 0.5) is 0 Å². The molecule has 0 unspecified atom stereocenters. The van der Waals surface area contributed by atoms with Crippen LogP contribution in [-0.4, -0.2) is 69.3 Å². The molecule has 3 rings (SSSR count). The van der Waals surface area contributed by atoms with Gasteiger partial charge in [-0.05, 0) is 0 Å². The third kappa shape index (κ3) is 5.32. The van der Waals surface area contributed by atoms with Gasteiger partial charge in [-0.3, -0.25) is 0 Å². The molecular weight excluding hydrogens is 385 g/mol. The first-order valence-electron chi connectivity index (χ1n) is 8.99. The van der Waals surface area contributed by atoms with E-state index in [0.29, 0.717) is 13.2 Å². The SMILES string of the molecule is CN(C)CCOc1ccc2cc3[c]([Co])cc(OCCN(C)C)cc3nc2c1. The molecule has 0 aliphatic carbocycles. The van der Waals surface area contributed by atoms with E-state index in [4.69, 9.17) is 30.2 Å². The molecule has 0 saturated heterocycles. The number of benzene rings is 2. The van der Waals surface area contributed by atoms with Crippen molar-refractivity contribution < 1.29 is 25.2 Å². The summed E-state index contributed by atoms with van der Waals surface area (Å²) < 4.78 is 12.6. The maximum atomic E-state index is 5.86. The van der Waals surface area contributed by atoms with Crippen molar-refractivity contribution in [2.75, 3.05) is 54.5 Å². The Hall–Kier alpha value is -1.86. The van der Waals surface area contributed by atoms with Crippen LogP contribution in [0.2, 0.25) is 0 Å². The van der Waals surface area contributed by atoms with Crippen LogP contribution in [0.1, 0.15) is 0 Å². The van der Waals surface area contributed by atoms with E-state index in [2.05, 4.69) is 15.9 Å². The van der Waals surface area contributed by atoms with E-state index in [1.165, 1.54) is 0 Å². The Balaban J connectivity index is 1.87. The summed E-state index contributed by atoms with van der Waals surface area (Å²) in [4.78, 5) is 9.00. The number of ether oxygens (including phenoxy) is 2. The summed E-state index contributed by atoms with van der Waals surface area (Å²) in [6, 6.07) is 12.1. The molecule has 2 aromatic carbocycles. The molecule has 0 fully saturated rings. The number of likely N-dealkylation sites (N-methyl/N-ethyl adjacent to an activating group) is 2. The zero-order chi connectivity index (χ0) is 19.4. The van der Waals surface area contributed by atoms with Gasteiger partial charge < -0.3 is 0 Å². The summed E-state index contributed by atoms with van der Waals surface area (Å²) in [5, 5.41) is 2.08. The second-order valence-corrected chi connectivity index (χ2v) is 7.65. The van der Waals surface area contributed by atoms with Gasteiger partial charge >= 0.3 is 169 Å². The van der Waals surface area contributed by atoms with Crippen LogP contribution in [0.3, 0.4) is 0 Å². The number of hydrogen-bond donors (Lipinski definition) is 0. The van der Waals surface area contributed by atoms with Gasteiger partial charge in [0, 0.05) is 0 Å². The van der Waals surface area contributed by atoms with Crippen molar-refractivity contribution in [3.05, 3.63) is 36.4 Å². The van der Waals surface area contributed by atoms with E-state index >= 15 is 0 Å². The van der Waals surface area contributed by atoms with Crippen molar-refractivity contribution in [2.24, 2.45) is 0 Å². The van der Waals surface area contributed by atoms with Crippen LogP contribution < -0.4 is 14.0 Å². The molecule has 1 heterocycles. The third-order valence-corrected chi connectivity index (χ3v) is 4.65. The fourth-order valence-electron chi connectivity index (χ4n) is 2.69. The first-order valence-corrected chi connectivity index (χ1v) is 9.51. The fourth-order valence-corrected chi connectivity index (χ4v) is 3.05. The van der Waals surface area contributed by atoms with Crippen LogP contribution in [0.5, 0.6) is 11.5 Å². The molecule has 0 spiro atoms. The van der Waals surface area contributed by atoms with E-state index in [0.717, 1.165) is 50.9 Å². The molecular formula is C21H26CoN3O2. The van der Waals surface area contributed by atoms with Gasteiger partial charge in [0.05, 0.1) is 0 Å². The van der Waals surface area contributed by atoms with Crippen LogP contribution >= 0.6 is 0 Å². The van der Waals surface area contributed by atoms with Crippen LogP contribution in [0.25, 0.3) is 21.8 Å². The summed E-state index contributed by atoms with van der Waals surface area (Å²) in [7, 11) is 8.12. The fraction of sp³-hybridized carbons (Fsp3) is 0.381. The Labute approximate surface area is 168 Å². The summed E-state index contributed by atoms with van der Waals surface area (Å²) in [6.45, 7) is 3.01. The Morgan fingerprint density at radius 1 is 0.815 bits per heavy atom. The topological polar surface area (TPSA) is 37.8 Å². The molecule has 0 amide bonds. The molecule has 0 aliphatic heterocycles. The van der Waals surface area contributed by atoms with Crippen molar-refractivity contribution in [1.82, 2.24) is 14.8 Å². The van der Waals surface area contributed by atoms with Crippen molar-refractivity contribution in [1.29, 1.82) is 0 Å². The van der Waals surface area contributed by atoms with E-state index < -0.39 is 0 Å². The number of fused-ring (bicyclic) bond motifs is 2. The minimum atomic E-state index is 0.627. The molecule has 146 valence electrons. The van der Waals surface area contributed by atoms with Crippen LogP contribution in [0.15, 0.2) is 36.4 Å². The summed E-state index contributed by atoms with van der Waals surface area (Å²) in [6.07, 6.45) is 0. The molecule has 5 nitrogen and oxygen atoms in total. The van der Waals surface area contributed by atoms with E-state index in [-0.39, 0.29) is 0 Å². The second kappa shape index (κ2) is 8.88. The molecule has 0 saturated carbocycles. The normalized spacial score (nSPS) is 11.7. The Morgan fingerprint density at radius 3 is 2.11 bits per heavy atom. The third-order valence-electron chi connectivity index (χ3n) is 4.22. The molecule has 0 radical (unpaired) electrons. The summed E-state index contributed by atoms with van der Waals surface area (Å²) >= 11 is 4.69. The number of pyridine rings is 1. The molecule has 27 heavy (non-hydrogen) atoms. The van der Waals surface area contributed by atoms with Crippen molar-refractivity contribution in [3.63, 3.8) is 0 Å².